The number of ether oxygens (including phenoxy) is 1. The smallest absolute Gasteiger partial charge is 0.262 e. The van der Waals surface area contributed by atoms with Crippen LogP contribution in [0, 0.1) is 5.92 Å². The van der Waals surface area contributed by atoms with Crippen LogP contribution in [0.25, 0.3) is 0 Å². The molecule has 1 heterocycles. The van der Waals surface area contributed by atoms with Crippen LogP contribution in [-0.4, -0.2) is 25.6 Å². The highest BCUT2D eigenvalue weighted by atomic mass is 35.5. The fourth-order valence-corrected chi connectivity index (χ4v) is 3.11. The standard InChI is InChI=1S/C20H23ClN2O2/c1-15-10-12-23(13-11-15)17-8-6-16(7-9-17)22-20(24)14-25-19-5-3-2-4-18(19)21/h2-9,15H,10-14H2,1H3,(H,22,24). The van der Waals surface area contributed by atoms with Gasteiger partial charge >= 0.3 is 0 Å². The number of hydrogen-bond acceptors (Lipinski definition) is 3. The lowest BCUT2D eigenvalue weighted by Gasteiger charge is -2.32. The highest BCUT2D eigenvalue weighted by Gasteiger charge is 2.16. The van der Waals surface area contributed by atoms with Gasteiger partial charge in [-0.3, -0.25) is 4.79 Å². The fraction of sp³-hybridized carbons (Fsp3) is 0.350. The number of hydrogen-bond donors (Lipinski definition) is 1. The normalized spacial score (nSPS) is 15.0. The van der Waals surface area contributed by atoms with Crippen molar-refractivity contribution in [1.29, 1.82) is 0 Å². The van der Waals surface area contributed by atoms with Gasteiger partial charge in [0.05, 0.1) is 5.02 Å². The molecule has 1 fully saturated rings. The molecule has 0 spiro atoms. The molecule has 0 aromatic heterocycles. The number of rotatable bonds is 5. The molecule has 2 aromatic rings. The van der Waals surface area contributed by atoms with E-state index in [0.29, 0.717) is 10.8 Å². The molecule has 0 bridgehead atoms. The summed E-state index contributed by atoms with van der Waals surface area (Å²) in [7, 11) is 0. The fourth-order valence-electron chi connectivity index (χ4n) is 2.92. The molecule has 0 aliphatic carbocycles. The van der Waals surface area contributed by atoms with Crippen LogP contribution in [0.3, 0.4) is 0 Å². The van der Waals surface area contributed by atoms with Gasteiger partial charge in [0, 0.05) is 24.5 Å². The number of para-hydroxylation sites is 1. The molecule has 0 radical (unpaired) electrons. The Labute approximate surface area is 153 Å². The number of halogens is 1. The quantitative estimate of drug-likeness (QED) is 0.849. The maximum atomic E-state index is 12.0. The third-order valence-corrected chi connectivity index (χ3v) is 4.81. The lowest BCUT2D eigenvalue weighted by atomic mass is 9.99. The lowest BCUT2D eigenvalue weighted by Crippen LogP contribution is -2.32. The molecule has 3 rings (SSSR count). The molecule has 1 N–H and O–H groups in total. The van der Waals surface area contributed by atoms with E-state index in [1.807, 2.05) is 24.3 Å². The number of nitrogens with zero attached hydrogens (tertiary/aromatic N) is 1. The van der Waals surface area contributed by atoms with Crippen LogP contribution in [-0.2, 0) is 4.79 Å². The van der Waals surface area contributed by atoms with Crippen molar-refractivity contribution >= 4 is 28.9 Å². The first-order valence-electron chi connectivity index (χ1n) is 8.64. The molecule has 2 aromatic carbocycles. The van der Waals surface area contributed by atoms with Gasteiger partial charge in [-0.25, -0.2) is 0 Å². The van der Waals surface area contributed by atoms with Gasteiger partial charge in [-0.2, -0.15) is 0 Å². The minimum Gasteiger partial charge on any atom is -0.482 e. The molecular weight excluding hydrogens is 336 g/mol. The Morgan fingerprint density at radius 3 is 2.52 bits per heavy atom. The molecule has 0 unspecified atom stereocenters. The summed E-state index contributed by atoms with van der Waals surface area (Å²) < 4.78 is 5.45. The van der Waals surface area contributed by atoms with Gasteiger partial charge in [0.25, 0.3) is 5.91 Å². The minimum absolute atomic E-state index is 0.0739. The van der Waals surface area contributed by atoms with Gasteiger partial charge in [0.1, 0.15) is 5.75 Å². The Bertz CT molecular complexity index is 710. The van der Waals surface area contributed by atoms with Crippen molar-refractivity contribution in [3.8, 4) is 5.75 Å². The molecular formula is C20H23ClN2O2. The number of carbonyl (C=O) groups excluding carboxylic acids is 1. The lowest BCUT2D eigenvalue weighted by molar-refractivity contribution is -0.118. The number of amides is 1. The van der Waals surface area contributed by atoms with Crippen molar-refractivity contribution in [3.05, 3.63) is 53.6 Å². The van der Waals surface area contributed by atoms with Crippen LogP contribution in [0.1, 0.15) is 19.8 Å². The first-order valence-corrected chi connectivity index (χ1v) is 9.02. The third-order valence-electron chi connectivity index (χ3n) is 4.50. The summed E-state index contributed by atoms with van der Waals surface area (Å²) in [6.45, 7) is 4.42. The average Bonchev–Trinajstić information content (AvgIpc) is 2.62. The molecule has 132 valence electrons. The van der Waals surface area contributed by atoms with E-state index in [4.69, 9.17) is 16.3 Å². The van der Waals surface area contributed by atoms with E-state index in [2.05, 4.69) is 29.3 Å². The van der Waals surface area contributed by atoms with Crippen LogP contribution < -0.4 is 15.0 Å². The second-order valence-corrected chi connectivity index (χ2v) is 6.89. The molecule has 25 heavy (non-hydrogen) atoms. The zero-order chi connectivity index (χ0) is 17.6. The summed E-state index contributed by atoms with van der Waals surface area (Å²) in [6.07, 6.45) is 2.47. The Kier molecular flexibility index (Phi) is 5.82. The highest BCUT2D eigenvalue weighted by molar-refractivity contribution is 6.32. The summed E-state index contributed by atoms with van der Waals surface area (Å²) in [5, 5.41) is 3.34. The number of benzene rings is 2. The topological polar surface area (TPSA) is 41.6 Å². The van der Waals surface area contributed by atoms with Gasteiger partial charge in [-0.1, -0.05) is 30.7 Å². The van der Waals surface area contributed by atoms with E-state index in [9.17, 15) is 4.79 Å². The van der Waals surface area contributed by atoms with Crippen molar-refractivity contribution < 1.29 is 9.53 Å². The van der Waals surface area contributed by atoms with Crippen molar-refractivity contribution in [1.82, 2.24) is 0 Å². The molecule has 0 atom stereocenters. The maximum Gasteiger partial charge on any atom is 0.262 e. The van der Waals surface area contributed by atoms with Crippen molar-refractivity contribution in [2.75, 3.05) is 29.9 Å². The molecule has 1 aliphatic heterocycles. The Morgan fingerprint density at radius 1 is 1.16 bits per heavy atom. The van der Waals surface area contributed by atoms with Crippen LogP contribution in [0.4, 0.5) is 11.4 Å². The first kappa shape index (κ1) is 17.6. The second kappa shape index (κ2) is 8.26. The molecule has 0 saturated carbocycles. The zero-order valence-corrected chi connectivity index (χ0v) is 15.1. The number of nitrogens with one attached hydrogen (secondary N) is 1. The Balaban J connectivity index is 1.51. The van der Waals surface area contributed by atoms with Crippen LogP contribution >= 0.6 is 11.6 Å². The predicted molar refractivity (Wildman–Crippen MR) is 103 cm³/mol. The van der Waals surface area contributed by atoms with E-state index < -0.39 is 0 Å². The van der Waals surface area contributed by atoms with Crippen molar-refractivity contribution in [3.63, 3.8) is 0 Å². The number of carbonyl (C=O) groups is 1. The third kappa shape index (κ3) is 4.89. The van der Waals surface area contributed by atoms with Gasteiger partial charge < -0.3 is 15.0 Å². The van der Waals surface area contributed by atoms with E-state index in [-0.39, 0.29) is 12.5 Å². The van der Waals surface area contributed by atoms with Gasteiger partial charge in [-0.15, -0.1) is 0 Å². The van der Waals surface area contributed by atoms with Crippen LogP contribution in [0.2, 0.25) is 5.02 Å². The largest absolute Gasteiger partial charge is 0.482 e. The first-order chi connectivity index (χ1) is 12.1. The van der Waals surface area contributed by atoms with Crippen LogP contribution in [0.5, 0.6) is 5.75 Å². The highest BCUT2D eigenvalue weighted by Crippen LogP contribution is 2.25. The summed E-state index contributed by atoms with van der Waals surface area (Å²) in [4.78, 5) is 14.4. The molecule has 1 saturated heterocycles. The summed E-state index contributed by atoms with van der Waals surface area (Å²) in [6, 6.07) is 15.1. The van der Waals surface area contributed by atoms with Crippen molar-refractivity contribution in [2.24, 2.45) is 5.92 Å². The average molecular weight is 359 g/mol. The van der Waals surface area contributed by atoms with Crippen LogP contribution in [0.15, 0.2) is 48.5 Å². The minimum atomic E-state index is -0.209. The van der Waals surface area contributed by atoms with E-state index in [0.717, 1.165) is 24.7 Å². The maximum absolute atomic E-state index is 12.0. The molecule has 4 nitrogen and oxygen atoms in total. The van der Waals surface area contributed by atoms with E-state index in [1.54, 1.807) is 12.1 Å². The zero-order valence-electron chi connectivity index (χ0n) is 14.4. The number of anilines is 2. The monoisotopic (exact) mass is 358 g/mol. The molecule has 5 heteroatoms. The summed E-state index contributed by atoms with van der Waals surface area (Å²) in [5.41, 5.74) is 1.97. The van der Waals surface area contributed by atoms with Gasteiger partial charge in [-0.05, 0) is 55.2 Å². The number of piperidine rings is 1. The van der Waals surface area contributed by atoms with Crippen molar-refractivity contribution in [2.45, 2.75) is 19.8 Å². The molecule has 1 aliphatic rings. The summed E-state index contributed by atoms with van der Waals surface area (Å²) >= 11 is 6.01. The summed E-state index contributed by atoms with van der Waals surface area (Å²) in [5.74, 6) is 1.11. The Hall–Kier alpha value is -2.20. The second-order valence-electron chi connectivity index (χ2n) is 6.48. The molecule has 1 amide bonds. The Morgan fingerprint density at radius 2 is 1.84 bits per heavy atom. The predicted octanol–water partition coefficient (Wildman–Crippen LogP) is 4.59. The van der Waals surface area contributed by atoms with Gasteiger partial charge in [0.2, 0.25) is 0 Å². The van der Waals surface area contributed by atoms with E-state index in [1.165, 1.54) is 18.5 Å². The van der Waals surface area contributed by atoms with Gasteiger partial charge in [0.15, 0.2) is 6.61 Å². The SMILES string of the molecule is CC1CCN(c2ccc(NC(=O)COc3ccccc3Cl)cc2)CC1. The van der Waals surface area contributed by atoms with E-state index >= 15 is 0 Å².